The van der Waals surface area contributed by atoms with Crippen LogP contribution in [-0.4, -0.2) is 6.29 Å². The van der Waals surface area contributed by atoms with E-state index in [9.17, 15) is 4.79 Å². The molecule has 1 heteroatoms. The van der Waals surface area contributed by atoms with E-state index in [1.807, 2.05) is 0 Å². The van der Waals surface area contributed by atoms with Crippen molar-refractivity contribution in [3.05, 3.63) is 46.6 Å². The summed E-state index contributed by atoms with van der Waals surface area (Å²) in [5.41, 5.74) is 5.53. The highest BCUT2D eigenvalue weighted by Gasteiger charge is 2.05. The summed E-state index contributed by atoms with van der Waals surface area (Å²) >= 11 is 0. The molecular formula is C22H35O. The molecule has 0 aromatic carbocycles. The van der Waals surface area contributed by atoms with Gasteiger partial charge >= 0.3 is 0 Å². The van der Waals surface area contributed by atoms with Crippen molar-refractivity contribution in [3.8, 4) is 0 Å². The second-order valence-electron chi connectivity index (χ2n) is 7.05. The lowest BCUT2D eigenvalue weighted by Gasteiger charge is -2.09. The summed E-state index contributed by atoms with van der Waals surface area (Å²) in [7, 11) is 0. The van der Waals surface area contributed by atoms with Crippen molar-refractivity contribution in [2.24, 2.45) is 5.92 Å². The topological polar surface area (TPSA) is 17.1 Å². The number of allylic oxidation sites excluding steroid dienone is 8. The molecule has 1 radical (unpaired) electrons. The van der Waals surface area contributed by atoms with Crippen LogP contribution in [0.2, 0.25) is 0 Å². The van der Waals surface area contributed by atoms with Gasteiger partial charge in [-0.1, -0.05) is 46.6 Å². The largest absolute Gasteiger partial charge is 0.291 e. The van der Waals surface area contributed by atoms with Crippen LogP contribution >= 0.6 is 0 Å². The molecule has 1 nitrogen and oxygen atoms in total. The van der Waals surface area contributed by atoms with E-state index < -0.39 is 0 Å². The molecule has 129 valence electrons. The Hall–Kier alpha value is -1.37. The Balaban J connectivity index is 4.51. The first-order valence-electron chi connectivity index (χ1n) is 8.79. The molecule has 0 saturated heterocycles. The van der Waals surface area contributed by atoms with Gasteiger partial charge in [0, 0.05) is 6.42 Å². The standard InChI is InChI=1S/C22H35O/c1-18(2)9-7-11-20(5)13-14-22(15-16-23)17-21(6)12-8-10-19(3)4/h9-10,13,17,22H,7-8,11-12,14-15H2,1-6H3/b20-13+,21-17+. The molecular weight excluding hydrogens is 280 g/mol. The van der Waals surface area contributed by atoms with Crippen LogP contribution in [0.15, 0.2) is 46.6 Å². The molecule has 0 rings (SSSR count). The summed E-state index contributed by atoms with van der Waals surface area (Å²) in [6.45, 7) is 12.9. The Morgan fingerprint density at radius 3 is 1.83 bits per heavy atom. The van der Waals surface area contributed by atoms with Gasteiger partial charge in [0.1, 0.15) is 0 Å². The van der Waals surface area contributed by atoms with Gasteiger partial charge in [-0.25, -0.2) is 0 Å². The minimum absolute atomic E-state index is 0.289. The molecule has 0 aliphatic rings. The van der Waals surface area contributed by atoms with Crippen LogP contribution in [0.1, 0.15) is 80.1 Å². The van der Waals surface area contributed by atoms with Crippen LogP contribution in [0.3, 0.4) is 0 Å². The maximum absolute atomic E-state index is 10.8. The van der Waals surface area contributed by atoms with Crippen LogP contribution in [-0.2, 0) is 4.79 Å². The van der Waals surface area contributed by atoms with Gasteiger partial charge in [-0.2, -0.15) is 0 Å². The first-order chi connectivity index (χ1) is 10.8. The molecule has 0 aromatic rings. The van der Waals surface area contributed by atoms with Crippen molar-refractivity contribution in [2.75, 3.05) is 0 Å². The normalized spacial score (nSPS) is 13.5. The predicted molar refractivity (Wildman–Crippen MR) is 103 cm³/mol. The van der Waals surface area contributed by atoms with Crippen molar-refractivity contribution in [2.45, 2.75) is 80.1 Å². The Kier molecular flexibility index (Phi) is 12.3. The summed E-state index contributed by atoms with van der Waals surface area (Å²) in [5, 5.41) is 0. The van der Waals surface area contributed by atoms with E-state index in [1.54, 1.807) is 0 Å². The molecule has 0 amide bonds. The molecule has 1 unspecified atom stereocenters. The molecule has 0 bridgehead atoms. The van der Waals surface area contributed by atoms with E-state index in [0.29, 0.717) is 6.42 Å². The summed E-state index contributed by atoms with van der Waals surface area (Å²) in [6, 6.07) is 0. The quantitative estimate of drug-likeness (QED) is 0.380. The van der Waals surface area contributed by atoms with Crippen LogP contribution < -0.4 is 0 Å². The fourth-order valence-corrected chi connectivity index (χ4v) is 2.43. The molecule has 0 saturated carbocycles. The Morgan fingerprint density at radius 1 is 0.826 bits per heavy atom. The van der Waals surface area contributed by atoms with E-state index in [0.717, 1.165) is 32.1 Å². The second-order valence-corrected chi connectivity index (χ2v) is 7.05. The zero-order chi connectivity index (χ0) is 17.7. The number of hydrogen-bond donors (Lipinski definition) is 0. The smallest absolute Gasteiger partial charge is 0.199 e. The third-order valence-corrected chi connectivity index (χ3v) is 3.82. The second kappa shape index (κ2) is 13.1. The molecule has 0 heterocycles. The highest BCUT2D eigenvalue weighted by Crippen LogP contribution is 2.18. The molecule has 0 aliphatic carbocycles. The van der Waals surface area contributed by atoms with E-state index in [-0.39, 0.29) is 5.92 Å². The van der Waals surface area contributed by atoms with Crippen molar-refractivity contribution in [1.82, 2.24) is 0 Å². The molecule has 23 heavy (non-hydrogen) atoms. The lowest BCUT2D eigenvalue weighted by Crippen LogP contribution is -1.98. The summed E-state index contributed by atoms with van der Waals surface area (Å²) < 4.78 is 0. The highest BCUT2D eigenvalue weighted by molar-refractivity contribution is 5.51. The zero-order valence-electron chi connectivity index (χ0n) is 16.0. The fraction of sp³-hybridized carbons (Fsp3) is 0.591. The first kappa shape index (κ1) is 21.6. The van der Waals surface area contributed by atoms with Gasteiger partial charge in [-0.05, 0) is 79.6 Å². The summed E-state index contributed by atoms with van der Waals surface area (Å²) in [4.78, 5) is 10.8. The molecule has 0 N–H and O–H groups in total. The van der Waals surface area contributed by atoms with Gasteiger partial charge in [0.05, 0.1) is 0 Å². The van der Waals surface area contributed by atoms with E-state index in [4.69, 9.17) is 0 Å². The summed E-state index contributed by atoms with van der Waals surface area (Å²) in [5.74, 6) is 0.289. The maximum atomic E-state index is 10.8. The van der Waals surface area contributed by atoms with Crippen LogP contribution in [0.25, 0.3) is 0 Å². The van der Waals surface area contributed by atoms with E-state index in [1.165, 1.54) is 22.3 Å². The van der Waals surface area contributed by atoms with E-state index >= 15 is 0 Å². The number of rotatable bonds is 11. The van der Waals surface area contributed by atoms with Gasteiger partial charge in [0.15, 0.2) is 6.29 Å². The minimum atomic E-state index is 0.289. The lowest BCUT2D eigenvalue weighted by molar-refractivity contribution is 0.536. The van der Waals surface area contributed by atoms with Crippen LogP contribution in [0, 0.1) is 5.92 Å². The van der Waals surface area contributed by atoms with Crippen molar-refractivity contribution in [1.29, 1.82) is 0 Å². The van der Waals surface area contributed by atoms with Gasteiger partial charge in [-0.15, -0.1) is 0 Å². The molecule has 0 spiro atoms. The molecule has 0 fully saturated rings. The molecule has 0 aliphatic heterocycles. The first-order valence-corrected chi connectivity index (χ1v) is 8.79. The Labute approximate surface area is 144 Å². The molecule has 1 atom stereocenters. The Bertz CT molecular complexity index is 452. The number of hydrogen-bond acceptors (Lipinski definition) is 1. The van der Waals surface area contributed by atoms with Gasteiger partial charge in [0.25, 0.3) is 0 Å². The average molecular weight is 316 g/mol. The molecule has 0 aromatic heterocycles. The third-order valence-electron chi connectivity index (χ3n) is 3.82. The number of carbonyl (C=O) groups excluding carboxylic acids is 1. The monoisotopic (exact) mass is 315 g/mol. The zero-order valence-corrected chi connectivity index (χ0v) is 16.0. The van der Waals surface area contributed by atoms with E-state index in [2.05, 4.69) is 72.1 Å². The van der Waals surface area contributed by atoms with Crippen molar-refractivity contribution >= 4 is 6.29 Å². The third kappa shape index (κ3) is 14.0. The lowest BCUT2D eigenvalue weighted by atomic mass is 9.95. The highest BCUT2D eigenvalue weighted by atomic mass is 16.1. The fourth-order valence-electron chi connectivity index (χ4n) is 2.43. The minimum Gasteiger partial charge on any atom is -0.291 e. The van der Waals surface area contributed by atoms with Gasteiger partial charge in [-0.3, -0.25) is 4.79 Å². The van der Waals surface area contributed by atoms with Crippen LogP contribution in [0.5, 0.6) is 0 Å². The van der Waals surface area contributed by atoms with Gasteiger partial charge in [0.2, 0.25) is 0 Å². The summed E-state index contributed by atoms with van der Waals surface area (Å²) in [6.07, 6.45) is 17.0. The SMILES string of the molecule is CC(C)=CCC/C(C)=C/CC(/C=C(\C)CCC=C(C)C)C[C]=O. The van der Waals surface area contributed by atoms with Gasteiger partial charge < -0.3 is 0 Å². The predicted octanol–water partition coefficient (Wildman–Crippen LogP) is 6.88. The maximum Gasteiger partial charge on any atom is 0.199 e. The van der Waals surface area contributed by atoms with Crippen LogP contribution in [0.4, 0.5) is 0 Å². The average Bonchev–Trinajstić information content (AvgIpc) is 2.44. The Morgan fingerprint density at radius 2 is 1.35 bits per heavy atom. The van der Waals surface area contributed by atoms with Crippen molar-refractivity contribution in [3.63, 3.8) is 0 Å². The van der Waals surface area contributed by atoms with Crippen molar-refractivity contribution < 1.29 is 4.79 Å².